The van der Waals surface area contributed by atoms with Crippen molar-refractivity contribution in [3.05, 3.63) is 70.6 Å². The fourth-order valence-electron chi connectivity index (χ4n) is 3.45. The van der Waals surface area contributed by atoms with Crippen molar-refractivity contribution >= 4 is 33.2 Å². The third kappa shape index (κ3) is 5.40. The molecule has 2 N–H and O–H groups in total. The van der Waals surface area contributed by atoms with Gasteiger partial charge < -0.3 is 14.5 Å². The monoisotopic (exact) mass is 471 g/mol. The van der Waals surface area contributed by atoms with Gasteiger partial charge in [0.25, 0.3) is 10.0 Å². The van der Waals surface area contributed by atoms with Crippen molar-refractivity contribution in [2.24, 2.45) is 0 Å². The summed E-state index contributed by atoms with van der Waals surface area (Å²) in [6, 6.07) is 9.87. The maximum absolute atomic E-state index is 12.7. The molecule has 174 valence electrons. The van der Waals surface area contributed by atoms with Crippen LogP contribution >= 0.6 is 0 Å². The minimum atomic E-state index is -3.97. The highest BCUT2D eigenvalue weighted by Crippen LogP contribution is 2.26. The van der Waals surface area contributed by atoms with Crippen molar-refractivity contribution < 1.29 is 27.6 Å². The molecule has 33 heavy (non-hydrogen) atoms. The first-order valence-corrected chi connectivity index (χ1v) is 11.6. The number of hydrogen-bond acceptors (Lipinski definition) is 7. The molecule has 2 aromatic carbocycles. The van der Waals surface area contributed by atoms with E-state index in [0.29, 0.717) is 24.2 Å². The third-order valence-corrected chi connectivity index (χ3v) is 6.74. The molecule has 1 aromatic heterocycles. The highest BCUT2D eigenvalue weighted by Gasteiger charge is 2.19. The Bertz CT molecular complexity index is 1280. The number of rotatable bonds is 9. The lowest BCUT2D eigenvalue weighted by Crippen LogP contribution is -2.23. The zero-order valence-electron chi connectivity index (χ0n) is 18.7. The molecule has 0 fully saturated rings. The van der Waals surface area contributed by atoms with Gasteiger partial charge in [-0.25, -0.2) is 13.2 Å². The summed E-state index contributed by atoms with van der Waals surface area (Å²) in [7, 11) is -2.20. The van der Waals surface area contributed by atoms with Gasteiger partial charge in [0.1, 0.15) is 5.76 Å². The van der Waals surface area contributed by atoms with E-state index in [0.717, 1.165) is 17.0 Å². The molecule has 0 radical (unpaired) electrons. The maximum atomic E-state index is 12.7. The normalized spacial score (nSPS) is 11.3. The second kappa shape index (κ2) is 9.45. The fraction of sp³-hybridized carbons (Fsp3) is 0.261. The molecule has 3 aromatic rings. The second-order valence-electron chi connectivity index (χ2n) is 7.70. The summed E-state index contributed by atoms with van der Waals surface area (Å²) >= 11 is 0. The van der Waals surface area contributed by atoms with E-state index in [1.54, 1.807) is 18.0 Å². The smallest absolute Gasteiger partial charge is 0.337 e. The van der Waals surface area contributed by atoms with Crippen LogP contribution in [0.3, 0.4) is 0 Å². The maximum Gasteiger partial charge on any atom is 0.337 e. The number of benzene rings is 2. The molecule has 3 rings (SSSR count). The van der Waals surface area contributed by atoms with Gasteiger partial charge in [0.05, 0.1) is 21.8 Å². The number of likely N-dealkylation sites (N-methyl/N-ethyl adjacent to an activating group) is 1. The Hall–Kier alpha value is -3.66. The van der Waals surface area contributed by atoms with E-state index >= 15 is 0 Å². The molecular formula is C23H25N3O6S. The van der Waals surface area contributed by atoms with E-state index in [9.17, 15) is 23.1 Å². The van der Waals surface area contributed by atoms with Crippen LogP contribution in [0.4, 0.5) is 11.4 Å². The van der Waals surface area contributed by atoms with E-state index in [4.69, 9.17) is 4.52 Å². The number of Topliss-reactive ketones (excluding diaryl/α,β-unsaturated/α-hetero) is 1. The summed E-state index contributed by atoms with van der Waals surface area (Å²) < 4.78 is 33.0. The van der Waals surface area contributed by atoms with Gasteiger partial charge in [-0.2, -0.15) is 0 Å². The standard InChI is InChI=1S/C23H25N3O6S/c1-14-20(16(3)32-24-14)11-12-26(4)22-10-7-18(13-21(22)23(28)29)25-33(30,31)19-8-5-17(6-9-19)15(2)27/h5-10,13,25H,11-12H2,1-4H3,(H,28,29). The van der Waals surface area contributed by atoms with Crippen molar-refractivity contribution in [2.75, 3.05) is 23.2 Å². The van der Waals surface area contributed by atoms with Gasteiger partial charge in [-0.05, 0) is 57.5 Å². The summed E-state index contributed by atoms with van der Waals surface area (Å²) in [5, 5.41) is 13.6. The Morgan fingerprint density at radius 1 is 1.12 bits per heavy atom. The summed E-state index contributed by atoms with van der Waals surface area (Å²) in [6.07, 6.45) is 0.612. The van der Waals surface area contributed by atoms with Crippen LogP contribution in [0.15, 0.2) is 51.9 Å². The molecule has 0 aliphatic rings. The summed E-state index contributed by atoms with van der Waals surface area (Å²) in [4.78, 5) is 25.0. The highest BCUT2D eigenvalue weighted by molar-refractivity contribution is 7.92. The zero-order valence-corrected chi connectivity index (χ0v) is 19.6. The molecule has 9 nitrogen and oxygen atoms in total. The summed E-state index contributed by atoms with van der Waals surface area (Å²) in [6.45, 7) is 5.58. The highest BCUT2D eigenvalue weighted by atomic mass is 32.2. The molecule has 0 spiro atoms. The first-order valence-electron chi connectivity index (χ1n) is 10.1. The molecule has 1 heterocycles. The molecule has 0 aliphatic carbocycles. The number of aryl methyl sites for hydroxylation is 2. The van der Waals surface area contributed by atoms with Crippen LogP contribution in [0, 0.1) is 13.8 Å². The predicted octanol–water partition coefficient (Wildman–Crippen LogP) is 3.67. The number of nitrogens with zero attached hydrogens (tertiary/aromatic N) is 2. The van der Waals surface area contributed by atoms with Gasteiger partial charge in [-0.15, -0.1) is 0 Å². The lowest BCUT2D eigenvalue weighted by Gasteiger charge is -2.22. The first kappa shape index (κ1) is 24.0. The van der Waals surface area contributed by atoms with Crippen molar-refractivity contribution in [3.63, 3.8) is 0 Å². The van der Waals surface area contributed by atoms with Gasteiger partial charge in [0.2, 0.25) is 0 Å². The Morgan fingerprint density at radius 2 is 1.79 bits per heavy atom. The Labute approximate surface area is 192 Å². The summed E-state index contributed by atoms with van der Waals surface area (Å²) in [5.74, 6) is -0.631. The van der Waals surface area contributed by atoms with Crippen LogP contribution in [0.2, 0.25) is 0 Å². The van der Waals surface area contributed by atoms with Gasteiger partial charge in [-0.1, -0.05) is 17.3 Å². The minimum Gasteiger partial charge on any atom is -0.478 e. The zero-order chi connectivity index (χ0) is 24.3. The Morgan fingerprint density at radius 3 is 2.33 bits per heavy atom. The quantitative estimate of drug-likeness (QED) is 0.452. The molecule has 0 saturated carbocycles. The fourth-order valence-corrected chi connectivity index (χ4v) is 4.49. The molecule has 0 amide bonds. The van der Waals surface area contributed by atoms with Crippen LogP contribution in [-0.2, 0) is 16.4 Å². The number of anilines is 2. The number of ketones is 1. The average molecular weight is 472 g/mol. The largest absolute Gasteiger partial charge is 0.478 e. The van der Waals surface area contributed by atoms with Crippen molar-refractivity contribution in [3.8, 4) is 0 Å². The van der Waals surface area contributed by atoms with Crippen LogP contribution in [0.1, 0.15) is 44.7 Å². The number of carboxylic acid groups (broad SMARTS) is 1. The second-order valence-corrected chi connectivity index (χ2v) is 9.38. The number of aromatic carboxylic acids is 1. The Kier molecular flexibility index (Phi) is 6.87. The van der Waals surface area contributed by atoms with Gasteiger partial charge in [0, 0.05) is 30.4 Å². The van der Waals surface area contributed by atoms with E-state index in [2.05, 4.69) is 9.88 Å². The van der Waals surface area contributed by atoms with Crippen molar-refractivity contribution in [2.45, 2.75) is 32.1 Å². The topological polar surface area (TPSA) is 130 Å². The molecular weight excluding hydrogens is 446 g/mol. The number of carbonyl (C=O) groups is 2. The molecule has 0 unspecified atom stereocenters. The number of carbonyl (C=O) groups excluding carboxylic acids is 1. The number of hydrogen-bond donors (Lipinski definition) is 2. The van der Waals surface area contributed by atoms with Crippen LogP contribution in [0.25, 0.3) is 0 Å². The van der Waals surface area contributed by atoms with Crippen LogP contribution < -0.4 is 9.62 Å². The molecule has 0 bridgehead atoms. The lowest BCUT2D eigenvalue weighted by molar-refractivity contribution is 0.0697. The molecule has 0 saturated heterocycles. The number of aromatic nitrogens is 1. The molecule has 10 heteroatoms. The average Bonchev–Trinajstić information content (AvgIpc) is 3.09. The van der Waals surface area contributed by atoms with Crippen LogP contribution in [0.5, 0.6) is 0 Å². The van der Waals surface area contributed by atoms with Crippen molar-refractivity contribution in [1.29, 1.82) is 0 Å². The SMILES string of the molecule is CC(=O)c1ccc(S(=O)(=O)Nc2ccc(N(C)CCc3c(C)noc3C)c(C(=O)O)c2)cc1. The van der Waals surface area contributed by atoms with E-state index in [-0.39, 0.29) is 21.9 Å². The predicted molar refractivity (Wildman–Crippen MR) is 124 cm³/mol. The number of nitrogens with one attached hydrogen (secondary N) is 1. The van der Waals surface area contributed by atoms with Gasteiger partial charge in [-0.3, -0.25) is 9.52 Å². The number of carboxylic acids is 1. The van der Waals surface area contributed by atoms with E-state index in [1.807, 2.05) is 13.8 Å². The first-order chi connectivity index (χ1) is 15.5. The minimum absolute atomic E-state index is 0.0370. The van der Waals surface area contributed by atoms with Gasteiger partial charge >= 0.3 is 5.97 Å². The Balaban J connectivity index is 1.81. The van der Waals surface area contributed by atoms with Gasteiger partial charge in [0.15, 0.2) is 5.78 Å². The third-order valence-electron chi connectivity index (χ3n) is 5.34. The van der Waals surface area contributed by atoms with Crippen LogP contribution in [-0.4, -0.2) is 44.0 Å². The molecule has 0 atom stereocenters. The van der Waals surface area contributed by atoms with E-state index in [1.165, 1.54) is 43.3 Å². The lowest BCUT2D eigenvalue weighted by atomic mass is 10.1. The number of sulfonamides is 1. The van der Waals surface area contributed by atoms with Crippen molar-refractivity contribution in [1.82, 2.24) is 5.16 Å². The summed E-state index contributed by atoms with van der Waals surface area (Å²) in [5.41, 5.74) is 2.68. The molecule has 0 aliphatic heterocycles. The van der Waals surface area contributed by atoms with E-state index < -0.39 is 16.0 Å².